The minimum absolute atomic E-state index is 0.0919. The van der Waals surface area contributed by atoms with E-state index in [1.54, 1.807) is 13.0 Å². The third-order valence-corrected chi connectivity index (χ3v) is 4.22. The SMILES string of the molecule is CCOC(=O)/C(C=NCCCCc1ccccc1)=C(/O)c1ccccc1C. The fraction of sp³-hybridized carbons (Fsp3) is 0.304. The summed E-state index contributed by atoms with van der Waals surface area (Å²) in [6.45, 7) is 4.46. The van der Waals surface area contributed by atoms with Crippen molar-refractivity contribution in [2.24, 2.45) is 4.99 Å². The lowest BCUT2D eigenvalue weighted by Gasteiger charge is -2.09. The van der Waals surface area contributed by atoms with Gasteiger partial charge in [0.05, 0.1) is 6.61 Å². The van der Waals surface area contributed by atoms with Gasteiger partial charge in [0, 0.05) is 18.3 Å². The molecule has 0 saturated carbocycles. The number of carbonyl (C=O) groups excluding carboxylic acids is 1. The number of carbonyl (C=O) groups is 1. The van der Waals surface area contributed by atoms with Crippen molar-refractivity contribution in [1.29, 1.82) is 0 Å². The van der Waals surface area contributed by atoms with Gasteiger partial charge >= 0.3 is 5.97 Å². The number of hydrogen-bond donors (Lipinski definition) is 1. The standard InChI is InChI=1S/C23H27NO3/c1-3-27-23(26)21(22(25)20-15-8-7-11-18(20)2)17-24-16-10-9-14-19-12-5-4-6-13-19/h4-8,11-13,15,17,25H,3,9-10,14,16H2,1-2H3/b22-21+,24-17?. The third-order valence-electron chi connectivity index (χ3n) is 4.22. The van der Waals surface area contributed by atoms with Gasteiger partial charge in [0.25, 0.3) is 0 Å². The summed E-state index contributed by atoms with van der Waals surface area (Å²) in [5.41, 5.74) is 2.89. The van der Waals surface area contributed by atoms with E-state index < -0.39 is 5.97 Å². The van der Waals surface area contributed by atoms with E-state index in [1.165, 1.54) is 11.8 Å². The third kappa shape index (κ3) is 6.41. The van der Waals surface area contributed by atoms with Crippen LogP contribution in [0.25, 0.3) is 5.76 Å². The molecule has 27 heavy (non-hydrogen) atoms. The molecule has 0 aliphatic carbocycles. The molecule has 2 rings (SSSR count). The minimum atomic E-state index is -0.564. The van der Waals surface area contributed by atoms with Gasteiger partial charge in [0.2, 0.25) is 0 Å². The largest absolute Gasteiger partial charge is 0.506 e. The number of hydrogen-bond acceptors (Lipinski definition) is 4. The number of aliphatic imine (C=N–C) groups is 1. The number of esters is 1. The zero-order valence-electron chi connectivity index (χ0n) is 16.0. The number of aliphatic hydroxyl groups excluding tert-OH is 1. The Bertz CT molecular complexity index is 794. The molecule has 0 radical (unpaired) electrons. The molecule has 0 amide bonds. The molecule has 2 aromatic rings. The maximum atomic E-state index is 12.2. The van der Waals surface area contributed by atoms with Gasteiger partial charge in [-0.05, 0) is 44.2 Å². The van der Waals surface area contributed by atoms with Crippen LogP contribution in [0.5, 0.6) is 0 Å². The molecule has 0 heterocycles. The van der Waals surface area contributed by atoms with Gasteiger partial charge in [-0.2, -0.15) is 0 Å². The summed E-state index contributed by atoms with van der Waals surface area (Å²) in [5, 5.41) is 10.6. The van der Waals surface area contributed by atoms with E-state index >= 15 is 0 Å². The number of rotatable bonds is 9. The van der Waals surface area contributed by atoms with Crippen molar-refractivity contribution in [3.8, 4) is 0 Å². The highest BCUT2D eigenvalue weighted by atomic mass is 16.5. The quantitative estimate of drug-likeness (QED) is 0.226. The first-order valence-corrected chi connectivity index (χ1v) is 9.33. The summed E-state index contributed by atoms with van der Waals surface area (Å²) in [5.74, 6) is -0.661. The van der Waals surface area contributed by atoms with Crippen molar-refractivity contribution in [2.75, 3.05) is 13.2 Å². The molecule has 2 aromatic carbocycles. The summed E-state index contributed by atoms with van der Waals surface area (Å²) in [7, 11) is 0. The molecule has 0 bridgehead atoms. The average Bonchev–Trinajstić information content (AvgIpc) is 2.68. The van der Waals surface area contributed by atoms with Crippen LogP contribution < -0.4 is 0 Å². The Morgan fingerprint density at radius 3 is 2.48 bits per heavy atom. The van der Waals surface area contributed by atoms with Crippen LogP contribution in [0.1, 0.15) is 36.5 Å². The van der Waals surface area contributed by atoms with Crippen molar-refractivity contribution >= 4 is 17.9 Å². The van der Waals surface area contributed by atoms with E-state index in [4.69, 9.17) is 4.74 Å². The number of unbranched alkanes of at least 4 members (excludes halogenated alkanes) is 1. The molecule has 0 aromatic heterocycles. The number of ether oxygens (including phenoxy) is 1. The first kappa shape index (κ1) is 20.4. The molecular weight excluding hydrogens is 338 g/mol. The van der Waals surface area contributed by atoms with Crippen molar-refractivity contribution in [3.05, 3.63) is 76.9 Å². The Morgan fingerprint density at radius 2 is 1.78 bits per heavy atom. The Morgan fingerprint density at radius 1 is 1.07 bits per heavy atom. The van der Waals surface area contributed by atoms with Crippen LogP contribution in [0, 0.1) is 6.92 Å². The maximum absolute atomic E-state index is 12.2. The molecule has 0 fully saturated rings. The van der Waals surface area contributed by atoms with Gasteiger partial charge in [-0.25, -0.2) is 4.79 Å². The molecule has 4 heteroatoms. The van der Waals surface area contributed by atoms with Crippen LogP contribution in [0.3, 0.4) is 0 Å². The van der Waals surface area contributed by atoms with Gasteiger partial charge < -0.3 is 9.84 Å². The number of benzene rings is 2. The van der Waals surface area contributed by atoms with Gasteiger partial charge in [-0.3, -0.25) is 4.99 Å². The predicted molar refractivity (Wildman–Crippen MR) is 110 cm³/mol. The van der Waals surface area contributed by atoms with Gasteiger partial charge in [0.1, 0.15) is 11.3 Å². The summed E-state index contributed by atoms with van der Waals surface area (Å²) in [4.78, 5) is 16.6. The van der Waals surface area contributed by atoms with Crippen LogP contribution in [0.15, 0.2) is 65.2 Å². The molecule has 4 nitrogen and oxygen atoms in total. The smallest absolute Gasteiger partial charge is 0.343 e. The highest BCUT2D eigenvalue weighted by molar-refractivity contribution is 6.15. The highest BCUT2D eigenvalue weighted by Crippen LogP contribution is 2.20. The van der Waals surface area contributed by atoms with E-state index in [0.717, 1.165) is 24.8 Å². The van der Waals surface area contributed by atoms with E-state index in [9.17, 15) is 9.90 Å². The number of nitrogens with zero attached hydrogens (tertiary/aromatic N) is 1. The summed E-state index contributed by atoms with van der Waals surface area (Å²) >= 11 is 0. The lowest BCUT2D eigenvalue weighted by Crippen LogP contribution is -2.12. The van der Waals surface area contributed by atoms with Crippen LogP contribution in [0.4, 0.5) is 0 Å². The zero-order valence-corrected chi connectivity index (χ0v) is 16.0. The summed E-state index contributed by atoms with van der Waals surface area (Å²) in [6, 6.07) is 17.7. The van der Waals surface area contributed by atoms with E-state index in [0.29, 0.717) is 12.1 Å². The van der Waals surface area contributed by atoms with E-state index in [-0.39, 0.29) is 17.9 Å². The van der Waals surface area contributed by atoms with Crippen molar-refractivity contribution < 1.29 is 14.6 Å². The topological polar surface area (TPSA) is 58.9 Å². The second-order valence-electron chi connectivity index (χ2n) is 6.28. The first-order chi connectivity index (χ1) is 13.1. The molecule has 0 unspecified atom stereocenters. The fourth-order valence-corrected chi connectivity index (χ4v) is 2.74. The molecule has 0 aliphatic rings. The Balaban J connectivity index is 2.02. The van der Waals surface area contributed by atoms with Crippen molar-refractivity contribution in [2.45, 2.75) is 33.1 Å². The molecule has 0 atom stereocenters. The van der Waals surface area contributed by atoms with E-state index in [1.807, 2.05) is 43.3 Å². The Labute approximate surface area is 161 Å². The van der Waals surface area contributed by atoms with Crippen LogP contribution in [0.2, 0.25) is 0 Å². The molecular formula is C23H27NO3. The zero-order chi connectivity index (χ0) is 19.5. The lowest BCUT2D eigenvalue weighted by atomic mass is 10.0. The van der Waals surface area contributed by atoms with Crippen molar-refractivity contribution in [1.82, 2.24) is 0 Å². The Hall–Kier alpha value is -2.88. The number of aliphatic hydroxyl groups is 1. The van der Waals surface area contributed by atoms with Crippen LogP contribution in [-0.2, 0) is 16.0 Å². The minimum Gasteiger partial charge on any atom is -0.506 e. The normalized spacial score (nSPS) is 12.1. The Kier molecular flexibility index (Phi) is 8.30. The predicted octanol–water partition coefficient (Wildman–Crippen LogP) is 4.92. The average molecular weight is 365 g/mol. The highest BCUT2D eigenvalue weighted by Gasteiger charge is 2.17. The summed E-state index contributed by atoms with van der Waals surface area (Å²) < 4.78 is 5.07. The molecule has 142 valence electrons. The van der Waals surface area contributed by atoms with Crippen molar-refractivity contribution in [3.63, 3.8) is 0 Å². The molecule has 0 aliphatic heterocycles. The monoisotopic (exact) mass is 365 g/mol. The second-order valence-corrected chi connectivity index (χ2v) is 6.28. The summed E-state index contributed by atoms with van der Waals surface area (Å²) in [6.07, 6.45) is 4.36. The molecule has 1 N–H and O–H groups in total. The van der Waals surface area contributed by atoms with Crippen LogP contribution >= 0.6 is 0 Å². The maximum Gasteiger partial charge on any atom is 0.343 e. The van der Waals surface area contributed by atoms with Gasteiger partial charge in [-0.1, -0.05) is 54.6 Å². The second kappa shape index (κ2) is 11.0. The molecule has 0 saturated heterocycles. The first-order valence-electron chi connectivity index (χ1n) is 9.33. The lowest BCUT2D eigenvalue weighted by molar-refractivity contribution is -0.137. The number of aryl methyl sites for hydroxylation is 2. The van der Waals surface area contributed by atoms with Gasteiger partial charge in [0.15, 0.2) is 0 Å². The van der Waals surface area contributed by atoms with Crippen LogP contribution in [-0.4, -0.2) is 30.4 Å². The van der Waals surface area contributed by atoms with E-state index in [2.05, 4.69) is 17.1 Å². The fourth-order valence-electron chi connectivity index (χ4n) is 2.74. The van der Waals surface area contributed by atoms with Gasteiger partial charge in [-0.15, -0.1) is 0 Å². The molecule has 0 spiro atoms.